The summed E-state index contributed by atoms with van der Waals surface area (Å²) in [6, 6.07) is 8.51. The number of hydrogen-bond donors (Lipinski definition) is 3. The van der Waals surface area contributed by atoms with Crippen molar-refractivity contribution in [2.45, 2.75) is 50.8 Å². The number of fused-ring (bicyclic) bond motifs is 1. The highest BCUT2D eigenvalue weighted by Crippen LogP contribution is 2.31. The predicted octanol–water partition coefficient (Wildman–Crippen LogP) is 2.84. The molecule has 34 heavy (non-hydrogen) atoms. The van der Waals surface area contributed by atoms with Crippen LogP contribution in [0, 0.1) is 22.7 Å². The summed E-state index contributed by atoms with van der Waals surface area (Å²) >= 11 is 6.58. The molecule has 0 radical (unpaired) electrons. The number of aliphatic hydroxyl groups excluding tert-OH is 1. The van der Waals surface area contributed by atoms with E-state index in [4.69, 9.17) is 11.6 Å². The maximum atomic E-state index is 9.74. The van der Waals surface area contributed by atoms with Gasteiger partial charge in [0.15, 0.2) is 17.2 Å². The van der Waals surface area contributed by atoms with Crippen molar-refractivity contribution in [1.29, 1.82) is 10.5 Å². The number of nitrogens with one attached hydrogen (secondary N) is 2. The number of likely N-dealkylation sites (tertiary alicyclic amines) is 1. The Kier molecular flexibility index (Phi) is 5.96. The van der Waals surface area contributed by atoms with Gasteiger partial charge in [-0.15, -0.1) is 5.10 Å². The number of halogens is 1. The second kappa shape index (κ2) is 9.07. The maximum Gasteiger partial charge on any atom is 0.247 e. The molecule has 1 unspecified atom stereocenters. The average molecular weight is 478 g/mol. The molecule has 5 rings (SSSR count). The summed E-state index contributed by atoms with van der Waals surface area (Å²) < 4.78 is 1.45. The van der Waals surface area contributed by atoms with E-state index in [2.05, 4.69) is 49.7 Å². The van der Waals surface area contributed by atoms with Crippen molar-refractivity contribution in [1.82, 2.24) is 24.5 Å². The number of aryl methyl sites for hydroxylation is 1. The molecule has 11 heteroatoms. The van der Waals surface area contributed by atoms with Crippen LogP contribution in [-0.4, -0.2) is 60.9 Å². The lowest BCUT2D eigenvalue weighted by Crippen LogP contribution is -2.54. The Morgan fingerprint density at radius 3 is 2.74 bits per heavy atom. The summed E-state index contributed by atoms with van der Waals surface area (Å²) in [5.41, 5.74) is 2.69. The summed E-state index contributed by atoms with van der Waals surface area (Å²) in [7, 11) is 0. The van der Waals surface area contributed by atoms with Gasteiger partial charge in [-0.2, -0.15) is 20.0 Å². The summed E-state index contributed by atoms with van der Waals surface area (Å²) in [4.78, 5) is 11.0. The zero-order chi connectivity index (χ0) is 23.8. The van der Waals surface area contributed by atoms with Crippen LogP contribution < -0.4 is 10.6 Å². The molecule has 1 saturated carbocycles. The monoisotopic (exact) mass is 477 g/mol. The van der Waals surface area contributed by atoms with Crippen molar-refractivity contribution < 1.29 is 5.11 Å². The largest absolute Gasteiger partial charge is 0.390 e. The van der Waals surface area contributed by atoms with Gasteiger partial charge in [-0.3, -0.25) is 4.90 Å². The molecule has 2 fully saturated rings. The third kappa shape index (κ3) is 4.48. The van der Waals surface area contributed by atoms with Gasteiger partial charge in [0.25, 0.3) is 0 Å². The van der Waals surface area contributed by atoms with Crippen LogP contribution in [-0.2, 0) is 6.42 Å². The minimum atomic E-state index is -0.232. The zero-order valence-electron chi connectivity index (χ0n) is 18.7. The van der Waals surface area contributed by atoms with Crippen LogP contribution in [0.1, 0.15) is 43.0 Å². The number of nitriles is 2. The number of benzene rings is 1. The smallest absolute Gasteiger partial charge is 0.247 e. The Morgan fingerprint density at radius 2 is 2.06 bits per heavy atom. The highest BCUT2D eigenvalue weighted by atomic mass is 35.5. The van der Waals surface area contributed by atoms with E-state index < -0.39 is 0 Å². The van der Waals surface area contributed by atoms with Gasteiger partial charge >= 0.3 is 0 Å². The van der Waals surface area contributed by atoms with Crippen molar-refractivity contribution in [3.05, 3.63) is 40.2 Å². The van der Waals surface area contributed by atoms with Crippen molar-refractivity contribution in [2.75, 3.05) is 23.7 Å². The van der Waals surface area contributed by atoms with E-state index in [0.717, 1.165) is 24.8 Å². The molecule has 10 nitrogen and oxygen atoms in total. The van der Waals surface area contributed by atoms with E-state index in [1.165, 1.54) is 10.7 Å². The lowest BCUT2D eigenvalue weighted by Gasteiger charge is -2.40. The molecule has 174 valence electrons. The van der Waals surface area contributed by atoms with Crippen LogP contribution in [0.25, 0.3) is 5.65 Å². The number of anilines is 3. The summed E-state index contributed by atoms with van der Waals surface area (Å²) in [6.45, 7) is 3.52. The van der Waals surface area contributed by atoms with Crippen molar-refractivity contribution in [2.24, 2.45) is 0 Å². The van der Waals surface area contributed by atoms with Gasteiger partial charge in [0.2, 0.25) is 5.95 Å². The molecule has 3 heterocycles. The van der Waals surface area contributed by atoms with E-state index in [0.29, 0.717) is 65.0 Å². The van der Waals surface area contributed by atoms with E-state index in [9.17, 15) is 15.6 Å². The molecule has 3 N–H and O–H groups in total. The molecule has 1 atom stereocenters. The standard InChI is InChI=1S/C23H24ClN9O/c1-13(32-11-18(34)12-32)2-3-14-6-19(24)20(7-15(14)8-25)29-23-30-21(28-16-4-5-16)22-27-10-17(9-26)33(22)31-23/h6-7,10,13,16,18,34H,2-5,11-12H2,1H3,(H2,28,29,30,31). The fourth-order valence-corrected chi connectivity index (χ4v) is 4.30. The molecule has 0 amide bonds. The van der Waals surface area contributed by atoms with Crippen molar-refractivity contribution in [3.63, 3.8) is 0 Å². The van der Waals surface area contributed by atoms with Gasteiger partial charge in [0.1, 0.15) is 6.07 Å². The fraction of sp³-hybridized carbons (Fsp3) is 0.435. The first-order valence-corrected chi connectivity index (χ1v) is 11.7. The lowest BCUT2D eigenvalue weighted by atomic mass is 9.98. The Hall–Kier alpha value is -3.44. The molecule has 1 aliphatic carbocycles. The highest BCUT2D eigenvalue weighted by molar-refractivity contribution is 6.33. The van der Waals surface area contributed by atoms with Crippen LogP contribution in [0.5, 0.6) is 0 Å². The molecule has 2 aromatic heterocycles. The van der Waals surface area contributed by atoms with Gasteiger partial charge in [-0.05, 0) is 50.3 Å². The molecule has 2 aliphatic rings. The quantitative estimate of drug-likeness (QED) is 0.446. The topological polar surface area (TPSA) is 138 Å². The first-order valence-electron chi connectivity index (χ1n) is 11.3. The second-order valence-electron chi connectivity index (χ2n) is 8.91. The predicted molar refractivity (Wildman–Crippen MR) is 127 cm³/mol. The number of rotatable bonds is 8. The first-order chi connectivity index (χ1) is 16.4. The van der Waals surface area contributed by atoms with Gasteiger partial charge < -0.3 is 15.7 Å². The molecule has 0 spiro atoms. The molecular weight excluding hydrogens is 454 g/mol. The minimum absolute atomic E-state index is 0.232. The third-order valence-corrected chi connectivity index (χ3v) is 6.61. The Balaban J connectivity index is 1.38. The van der Waals surface area contributed by atoms with E-state index in [1.54, 1.807) is 12.1 Å². The maximum absolute atomic E-state index is 9.74. The number of β-amino-alcohol motifs (C(OH)–C–C–N with tert-alkyl or cyclic N) is 1. The number of aliphatic hydroxyl groups is 1. The zero-order valence-corrected chi connectivity index (χ0v) is 19.4. The van der Waals surface area contributed by atoms with Crippen LogP contribution in [0.2, 0.25) is 5.02 Å². The minimum Gasteiger partial charge on any atom is -0.390 e. The van der Waals surface area contributed by atoms with Gasteiger partial charge in [0, 0.05) is 25.2 Å². The fourth-order valence-electron chi connectivity index (χ4n) is 4.06. The van der Waals surface area contributed by atoms with E-state index >= 15 is 0 Å². The third-order valence-electron chi connectivity index (χ3n) is 6.30. The summed E-state index contributed by atoms with van der Waals surface area (Å²) in [6.07, 6.45) is 4.90. The van der Waals surface area contributed by atoms with Crippen LogP contribution in [0.4, 0.5) is 17.5 Å². The van der Waals surface area contributed by atoms with Gasteiger partial charge in [-0.25, -0.2) is 4.98 Å². The van der Waals surface area contributed by atoms with Gasteiger partial charge in [0.05, 0.1) is 34.6 Å². The second-order valence-corrected chi connectivity index (χ2v) is 9.32. The number of imidazole rings is 1. The Morgan fingerprint density at radius 1 is 1.26 bits per heavy atom. The van der Waals surface area contributed by atoms with Crippen LogP contribution in [0.3, 0.4) is 0 Å². The van der Waals surface area contributed by atoms with E-state index in [1.807, 2.05) is 0 Å². The normalized spacial score (nSPS) is 17.1. The first kappa shape index (κ1) is 22.4. The number of aromatic nitrogens is 4. The summed E-state index contributed by atoms with van der Waals surface area (Å²) in [5.74, 6) is 0.786. The molecule has 0 bridgehead atoms. The molecule has 3 aromatic rings. The number of hydrogen-bond acceptors (Lipinski definition) is 9. The lowest BCUT2D eigenvalue weighted by molar-refractivity contribution is -0.0220. The van der Waals surface area contributed by atoms with Crippen LogP contribution >= 0.6 is 11.6 Å². The van der Waals surface area contributed by atoms with Crippen molar-refractivity contribution >= 4 is 34.7 Å². The molecule has 1 aromatic carbocycles. The average Bonchev–Trinajstić information content (AvgIpc) is 3.52. The number of nitrogens with zero attached hydrogens (tertiary/aromatic N) is 7. The van der Waals surface area contributed by atoms with E-state index in [-0.39, 0.29) is 12.1 Å². The Bertz CT molecular complexity index is 1310. The van der Waals surface area contributed by atoms with Crippen LogP contribution in [0.15, 0.2) is 18.3 Å². The summed E-state index contributed by atoms with van der Waals surface area (Å²) in [5, 5.41) is 40.0. The Labute approximate surface area is 201 Å². The SMILES string of the molecule is CC(CCc1cc(Cl)c(Nc2nc(NC3CC3)c3ncc(C#N)n3n2)cc1C#N)N1CC(O)C1. The molecule has 1 saturated heterocycles. The van der Waals surface area contributed by atoms with Crippen molar-refractivity contribution in [3.8, 4) is 12.1 Å². The van der Waals surface area contributed by atoms with Gasteiger partial charge in [-0.1, -0.05) is 11.6 Å². The highest BCUT2D eigenvalue weighted by Gasteiger charge is 2.28. The molecular formula is C23H24ClN9O. The molecule has 1 aliphatic heterocycles.